The minimum absolute atomic E-state index is 0. The molecule has 0 radical (unpaired) electrons. The number of quaternary nitrogens is 4. The van der Waals surface area contributed by atoms with Gasteiger partial charge < -0.3 is 73.8 Å². The molecule has 1 aromatic rings. The first-order valence-electron chi connectivity index (χ1n) is 5.22. The Morgan fingerprint density at radius 1 is 0.857 bits per heavy atom. The summed E-state index contributed by atoms with van der Waals surface area (Å²) in [5.41, 5.74) is 5.11. The Hall–Kier alpha value is 0.440. The minimum atomic E-state index is 0. The van der Waals surface area contributed by atoms with E-state index in [-0.39, 0.29) is 68.1 Å². The molecule has 134 valence electrons. The Kier molecular flexibility index (Phi) is 58.5. The quantitative estimate of drug-likeness (QED) is 0.268. The summed E-state index contributed by atoms with van der Waals surface area (Å²) in [6.07, 6.45) is 8.05. The maximum absolute atomic E-state index is 5.70. The van der Waals surface area contributed by atoms with Crippen molar-refractivity contribution in [2.24, 2.45) is 0 Å². The van der Waals surface area contributed by atoms with Gasteiger partial charge in [0.1, 0.15) is 5.15 Å². The van der Waals surface area contributed by atoms with Gasteiger partial charge in [0, 0.05) is 6.20 Å². The normalized spacial score (nSPS) is 6.95. The third-order valence-corrected chi connectivity index (χ3v) is 2.48. The Labute approximate surface area is 158 Å². The summed E-state index contributed by atoms with van der Waals surface area (Å²) in [7, 11) is 0. The molecule has 0 unspecified atom stereocenters. The van der Waals surface area contributed by atoms with E-state index in [1.807, 2.05) is 12.3 Å². The summed E-state index contributed by atoms with van der Waals surface area (Å²) < 4.78 is 0. The van der Waals surface area contributed by atoms with Gasteiger partial charge in [-0.25, -0.2) is 4.98 Å². The fraction of sp³-hybridized carbons (Fsp3) is 0.545. The van der Waals surface area contributed by atoms with E-state index >= 15 is 0 Å². The molecule has 21 heavy (non-hydrogen) atoms. The fourth-order valence-corrected chi connectivity index (χ4v) is 1.53. The molecular weight excluding hydrogens is 379 g/mol. The number of aromatic nitrogens is 1. The summed E-state index contributed by atoms with van der Waals surface area (Å²) in [5.74, 6) is 0. The van der Waals surface area contributed by atoms with Crippen molar-refractivity contribution < 1.29 is 55.4 Å². The van der Waals surface area contributed by atoms with Gasteiger partial charge in [0.05, 0.1) is 6.54 Å². The van der Waals surface area contributed by atoms with Gasteiger partial charge in [-0.15, -0.1) is 0 Å². The van der Waals surface area contributed by atoms with E-state index in [2.05, 4.69) is 16.8 Å². The van der Waals surface area contributed by atoms with E-state index in [9.17, 15) is 0 Å². The van der Waals surface area contributed by atoms with Crippen LogP contribution in [0.5, 0.6) is 0 Å². The molecule has 0 spiro atoms. The molecule has 0 aliphatic rings. The van der Waals surface area contributed by atoms with Gasteiger partial charge in [-0.1, -0.05) is 24.1 Å². The predicted octanol–water partition coefficient (Wildman–Crippen LogP) is -8.78. The smallest absolute Gasteiger partial charge is 0.129 e. The van der Waals surface area contributed by atoms with Crippen LogP contribution < -0.4 is 73.8 Å². The average Bonchev–Trinajstić information content (AvgIpc) is 2.21. The molecule has 0 amide bonds. The molecule has 0 saturated heterocycles. The largest absolute Gasteiger partial charge is 1.00 e. The van der Waals surface area contributed by atoms with Gasteiger partial charge in [-0.2, -0.15) is 0 Å². The summed E-state index contributed by atoms with van der Waals surface area (Å²) in [4.78, 5) is 4.05. The lowest BCUT2D eigenvalue weighted by atomic mass is 10.1. The fourth-order valence-electron chi connectivity index (χ4n) is 1.41. The monoisotopic (exact) mass is 407 g/mol. The van der Waals surface area contributed by atoms with Gasteiger partial charge in [0.15, 0.2) is 0 Å². The highest BCUT2D eigenvalue weighted by Gasteiger charge is 1.94. The molecule has 1 aromatic heterocycles. The number of nitrogens with zero attached hydrogens (tertiary/aromatic N) is 1. The molecule has 15 N–H and O–H groups in total. The number of hydrogen-bond donors (Lipinski definition) is 4. The molecule has 1 rings (SSSR count). The first-order valence-corrected chi connectivity index (χ1v) is 5.60. The molecule has 0 bridgehead atoms. The molecular formula is C11H30Cl5N5. The molecule has 0 aliphatic heterocycles. The van der Waals surface area contributed by atoms with Crippen molar-refractivity contribution in [3.63, 3.8) is 0 Å². The van der Waals surface area contributed by atoms with Crippen molar-refractivity contribution in [1.29, 1.82) is 0 Å². The Morgan fingerprint density at radius 2 is 1.38 bits per heavy atom. The van der Waals surface area contributed by atoms with Gasteiger partial charge in [0.2, 0.25) is 0 Å². The molecule has 10 heteroatoms. The van der Waals surface area contributed by atoms with E-state index in [1.54, 1.807) is 0 Å². The maximum atomic E-state index is 5.70. The van der Waals surface area contributed by atoms with Crippen molar-refractivity contribution in [2.75, 3.05) is 6.54 Å². The topological polar surface area (TPSA) is 150 Å². The van der Waals surface area contributed by atoms with Gasteiger partial charge in [0.25, 0.3) is 0 Å². The molecule has 0 fully saturated rings. The highest BCUT2D eigenvalue weighted by Crippen LogP contribution is 2.09. The Balaban J connectivity index is -0.0000000560. The Bertz CT molecular complexity index is 264. The zero-order valence-electron chi connectivity index (χ0n) is 13.0. The van der Waals surface area contributed by atoms with Crippen LogP contribution in [-0.4, -0.2) is 11.5 Å². The predicted molar refractivity (Wildman–Crippen MR) is 77.1 cm³/mol. The number of pyridine rings is 1. The van der Waals surface area contributed by atoms with Crippen LogP contribution in [-0.2, 0) is 6.42 Å². The lowest BCUT2D eigenvalue weighted by Crippen LogP contribution is -3.00. The Morgan fingerprint density at radius 3 is 1.81 bits per heavy atom. The second kappa shape index (κ2) is 28.6. The van der Waals surface area contributed by atoms with Gasteiger partial charge in [-0.3, -0.25) is 0 Å². The van der Waals surface area contributed by atoms with Crippen molar-refractivity contribution in [3.05, 3.63) is 29.0 Å². The summed E-state index contributed by atoms with van der Waals surface area (Å²) in [6, 6.07) is 3.91. The second-order valence-corrected chi connectivity index (χ2v) is 3.89. The summed E-state index contributed by atoms with van der Waals surface area (Å²) in [6.45, 7) is 1.06. The molecule has 0 saturated carbocycles. The minimum Gasteiger partial charge on any atom is -1.00 e. The maximum Gasteiger partial charge on any atom is 0.129 e. The lowest BCUT2D eigenvalue weighted by Gasteiger charge is -2.00. The molecule has 0 aliphatic carbocycles. The average molecular weight is 410 g/mol. The third-order valence-electron chi connectivity index (χ3n) is 2.25. The number of hydrogen-bond acceptors (Lipinski definition) is 1. The third kappa shape index (κ3) is 22.9. The van der Waals surface area contributed by atoms with Crippen LogP contribution >= 0.6 is 11.6 Å². The van der Waals surface area contributed by atoms with Crippen molar-refractivity contribution in [3.8, 4) is 0 Å². The van der Waals surface area contributed by atoms with Crippen molar-refractivity contribution in [1.82, 2.24) is 23.4 Å². The van der Waals surface area contributed by atoms with Crippen LogP contribution in [0, 0.1) is 0 Å². The SMILES string of the molecule is [Cl-].[Cl-].[Cl-].[Cl-].[NH3+]CCCCCCc1ccc(Cl)nc1.[NH4+].[NH4+].[NH4+]. The lowest BCUT2D eigenvalue weighted by molar-refractivity contribution is -0.368. The second-order valence-electron chi connectivity index (χ2n) is 3.51. The van der Waals surface area contributed by atoms with Crippen molar-refractivity contribution >= 4 is 11.6 Å². The standard InChI is InChI=1S/C11H17ClN2.4ClH.3H3N/c12-11-7-6-10(9-14-11)5-3-1-2-4-8-13;;;;;;;/h6-7,9H,1-5,8,13H2;4*1H;3*1H3. The van der Waals surface area contributed by atoms with E-state index in [4.69, 9.17) is 11.6 Å². The summed E-state index contributed by atoms with van der Waals surface area (Å²) in [5, 5.41) is 0.575. The zero-order valence-corrected chi connectivity index (χ0v) is 16.8. The van der Waals surface area contributed by atoms with Gasteiger partial charge >= 0.3 is 0 Å². The van der Waals surface area contributed by atoms with Crippen LogP contribution in [0.2, 0.25) is 5.15 Å². The highest BCUT2D eigenvalue weighted by molar-refractivity contribution is 6.29. The number of unbranched alkanes of at least 4 members (excludes halogenated alkanes) is 3. The first-order chi connectivity index (χ1) is 6.83. The van der Waals surface area contributed by atoms with Crippen LogP contribution in [0.15, 0.2) is 18.3 Å². The van der Waals surface area contributed by atoms with Crippen LogP contribution in [0.1, 0.15) is 31.2 Å². The van der Waals surface area contributed by atoms with Crippen LogP contribution in [0.3, 0.4) is 0 Å². The molecule has 0 atom stereocenters. The van der Waals surface area contributed by atoms with Crippen molar-refractivity contribution in [2.45, 2.75) is 32.1 Å². The van der Waals surface area contributed by atoms with E-state index in [0.717, 1.165) is 13.0 Å². The number of halogens is 5. The highest BCUT2D eigenvalue weighted by atomic mass is 35.5. The van der Waals surface area contributed by atoms with E-state index in [0.29, 0.717) is 5.15 Å². The molecule has 1 heterocycles. The summed E-state index contributed by atoms with van der Waals surface area (Å²) >= 11 is 5.70. The van der Waals surface area contributed by atoms with E-state index < -0.39 is 0 Å². The zero-order chi connectivity index (χ0) is 10.2. The molecule has 0 aromatic carbocycles. The first kappa shape index (κ1) is 43.0. The number of rotatable bonds is 6. The van der Waals surface area contributed by atoms with Gasteiger partial charge in [-0.05, 0) is 37.3 Å². The number of aryl methyl sites for hydroxylation is 1. The van der Waals surface area contributed by atoms with Crippen LogP contribution in [0.4, 0.5) is 0 Å². The molecule has 5 nitrogen and oxygen atoms in total. The van der Waals surface area contributed by atoms with Crippen LogP contribution in [0.25, 0.3) is 0 Å². The van der Waals surface area contributed by atoms with E-state index in [1.165, 1.54) is 31.2 Å².